The number of rotatable bonds is 7. The fourth-order valence-electron chi connectivity index (χ4n) is 1.90. The maximum atomic E-state index is 11.6. The molecule has 108 valence electrons. The molecular weight excluding hydrogens is 332 g/mol. The van der Waals surface area contributed by atoms with Gasteiger partial charge < -0.3 is 10.2 Å². The Bertz CT molecular complexity index is 509. The first-order valence-corrected chi connectivity index (χ1v) is 8.69. The number of aliphatic hydroxyl groups is 2. The van der Waals surface area contributed by atoms with Crippen molar-refractivity contribution in [3.05, 3.63) is 34.3 Å². The number of benzene rings is 1. The van der Waals surface area contributed by atoms with Crippen molar-refractivity contribution in [3.8, 4) is 0 Å². The summed E-state index contributed by atoms with van der Waals surface area (Å²) in [6.07, 6.45) is 0.193. The van der Waals surface area contributed by atoms with Gasteiger partial charge in [-0.1, -0.05) is 41.1 Å². The van der Waals surface area contributed by atoms with Crippen LogP contribution in [-0.2, 0) is 15.3 Å². The van der Waals surface area contributed by atoms with Crippen LogP contribution in [0.4, 0.5) is 0 Å². The minimum Gasteiger partial charge on any atom is -0.395 e. The van der Waals surface area contributed by atoms with Crippen LogP contribution in [0.2, 0.25) is 0 Å². The lowest BCUT2D eigenvalue weighted by Crippen LogP contribution is -2.37. The Morgan fingerprint density at radius 1 is 1.21 bits per heavy atom. The van der Waals surface area contributed by atoms with E-state index in [1.54, 1.807) is 19.1 Å². The number of hydrogen-bond donors (Lipinski definition) is 2. The lowest BCUT2D eigenvalue weighted by molar-refractivity contribution is 0.113. The average molecular weight is 351 g/mol. The quantitative estimate of drug-likeness (QED) is 0.781. The zero-order valence-corrected chi connectivity index (χ0v) is 13.2. The second kappa shape index (κ2) is 6.83. The monoisotopic (exact) mass is 350 g/mol. The predicted octanol–water partition coefficient (Wildman–Crippen LogP) is 1.50. The second-order valence-corrected chi connectivity index (χ2v) is 7.89. The van der Waals surface area contributed by atoms with Crippen LogP contribution in [0.1, 0.15) is 18.9 Å². The van der Waals surface area contributed by atoms with E-state index in [2.05, 4.69) is 15.9 Å². The van der Waals surface area contributed by atoms with Gasteiger partial charge >= 0.3 is 0 Å². The molecule has 0 saturated heterocycles. The summed E-state index contributed by atoms with van der Waals surface area (Å²) in [5, 5.41) is 19.3. The third-order valence-electron chi connectivity index (χ3n) is 3.38. The van der Waals surface area contributed by atoms with Gasteiger partial charge in [-0.3, -0.25) is 0 Å². The van der Waals surface area contributed by atoms with Gasteiger partial charge in [-0.05, 0) is 18.1 Å². The van der Waals surface area contributed by atoms with Crippen LogP contribution in [0.15, 0.2) is 28.7 Å². The standard InChI is InChI=1S/C13H19BrO4S/c1-2-19(17,18)8-7-13(9-15,10-16)11-5-3-4-6-12(11)14/h3-6,15-16H,2,7-10H2,1H3. The second-order valence-electron chi connectivity index (χ2n) is 4.56. The molecule has 0 fully saturated rings. The Balaban J connectivity index is 3.08. The molecule has 0 aliphatic carbocycles. The highest BCUT2D eigenvalue weighted by molar-refractivity contribution is 9.10. The molecule has 0 aromatic heterocycles. The van der Waals surface area contributed by atoms with Crippen molar-refractivity contribution in [2.45, 2.75) is 18.8 Å². The normalized spacial score (nSPS) is 12.6. The number of aliphatic hydroxyl groups excluding tert-OH is 2. The Hall–Kier alpha value is -0.430. The van der Waals surface area contributed by atoms with Crippen LogP contribution in [0.25, 0.3) is 0 Å². The maximum Gasteiger partial charge on any atom is 0.150 e. The van der Waals surface area contributed by atoms with E-state index in [9.17, 15) is 18.6 Å². The summed E-state index contributed by atoms with van der Waals surface area (Å²) in [4.78, 5) is 0. The van der Waals surface area contributed by atoms with Crippen molar-refractivity contribution in [1.82, 2.24) is 0 Å². The predicted molar refractivity (Wildman–Crippen MR) is 78.9 cm³/mol. The van der Waals surface area contributed by atoms with Crippen molar-refractivity contribution in [2.75, 3.05) is 24.7 Å². The van der Waals surface area contributed by atoms with E-state index in [1.807, 2.05) is 12.1 Å². The lowest BCUT2D eigenvalue weighted by Gasteiger charge is -2.31. The minimum absolute atomic E-state index is 0.0496. The third kappa shape index (κ3) is 4.02. The van der Waals surface area contributed by atoms with Crippen LogP contribution in [0, 0.1) is 0 Å². The van der Waals surface area contributed by atoms with Gasteiger partial charge in [-0.15, -0.1) is 0 Å². The molecule has 6 heteroatoms. The molecule has 2 N–H and O–H groups in total. The highest BCUT2D eigenvalue weighted by Gasteiger charge is 2.33. The van der Waals surface area contributed by atoms with Crippen molar-refractivity contribution in [1.29, 1.82) is 0 Å². The molecule has 0 saturated carbocycles. The van der Waals surface area contributed by atoms with Crippen LogP contribution in [0.5, 0.6) is 0 Å². The van der Waals surface area contributed by atoms with Gasteiger partial charge in [0.2, 0.25) is 0 Å². The summed E-state index contributed by atoms with van der Waals surface area (Å²) >= 11 is 3.38. The molecule has 1 rings (SSSR count). The van der Waals surface area contributed by atoms with Gasteiger partial charge in [-0.2, -0.15) is 0 Å². The zero-order chi connectivity index (χ0) is 14.5. The summed E-state index contributed by atoms with van der Waals surface area (Å²) < 4.78 is 24.0. The molecule has 0 amide bonds. The van der Waals surface area contributed by atoms with Gasteiger partial charge in [0.1, 0.15) is 9.84 Å². The van der Waals surface area contributed by atoms with Crippen LogP contribution >= 0.6 is 15.9 Å². The van der Waals surface area contributed by atoms with Crippen molar-refractivity contribution in [2.24, 2.45) is 0 Å². The molecule has 0 aliphatic heterocycles. The van der Waals surface area contributed by atoms with E-state index >= 15 is 0 Å². The molecule has 0 atom stereocenters. The Kier molecular flexibility index (Phi) is 5.98. The summed E-state index contributed by atoms with van der Waals surface area (Å²) in [6.45, 7) is 0.990. The molecular formula is C13H19BrO4S. The van der Waals surface area contributed by atoms with Gasteiger partial charge in [0.05, 0.1) is 19.0 Å². The highest BCUT2D eigenvalue weighted by Crippen LogP contribution is 2.33. The number of sulfone groups is 1. The molecule has 0 unspecified atom stereocenters. The zero-order valence-electron chi connectivity index (χ0n) is 10.8. The third-order valence-corrected chi connectivity index (χ3v) is 5.78. The van der Waals surface area contributed by atoms with E-state index in [4.69, 9.17) is 0 Å². The van der Waals surface area contributed by atoms with Crippen LogP contribution < -0.4 is 0 Å². The molecule has 0 radical (unpaired) electrons. The molecule has 1 aromatic carbocycles. The molecule has 0 spiro atoms. The smallest absolute Gasteiger partial charge is 0.150 e. The largest absolute Gasteiger partial charge is 0.395 e. The van der Waals surface area contributed by atoms with E-state index in [-0.39, 0.29) is 31.1 Å². The Labute approximate surface area is 122 Å². The molecule has 19 heavy (non-hydrogen) atoms. The number of hydrogen-bond acceptors (Lipinski definition) is 4. The van der Waals surface area contributed by atoms with Crippen LogP contribution in [0.3, 0.4) is 0 Å². The van der Waals surface area contributed by atoms with Crippen molar-refractivity contribution >= 4 is 25.8 Å². The molecule has 0 aliphatic rings. The summed E-state index contributed by atoms with van der Waals surface area (Å²) in [6, 6.07) is 7.23. The lowest BCUT2D eigenvalue weighted by atomic mass is 9.79. The van der Waals surface area contributed by atoms with E-state index in [0.717, 1.165) is 10.0 Å². The minimum atomic E-state index is -3.13. The van der Waals surface area contributed by atoms with Crippen molar-refractivity contribution < 1.29 is 18.6 Å². The molecule has 1 aromatic rings. The molecule has 4 nitrogen and oxygen atoms in total. The molecule has 0 bridgehead atoms. The fourth-order valence-corrected chi connectivity index (χ4v) is 3.60. The summed E-state index contributed by atoms with van der Waals surface area (Å²) in [5.41, 5.74) is -0.214. The van der Waals surface area contributed by atoms with E-state index in [0.29, 0.717) is 0 Å². The average Bonchev–Trinajstić information content (AvgIpc) is 2.42. The first-order valence-electron chi connectivity index (χ1n) is 6.08. The highest BCUT2D eigenvalue weighted by atomic mass is 79.9. The van der Waals surface area contributed by atoms with Crippen molar-refractivity contribution in [3.63, 3.8) is 0 Å². The van der Waals surface area contributed by atoms with E-state index in [1.165, 1.54) is 0 Å². The van der Waals surface area contributed by atoms with Gasteiger partial charge in [-0.25, -0.2) is 8.42 Å². The fraction of sp³-hybridized carbons (Fsp3) is 0.538. The first kappa shape index (κ1) is 16.6. The maximum absolute atomic E-state index is 11.6. The van der Waals surface area contributed by atoms with Crippen LogP contribution in [-0.4, -0.2) is 43.4 Å². The SMILES string of the molecule is CCS(=O)(=O)CCC(CO)(CO)c1ccccc1Br. The number of halogens is 1. The Morgan fingerprint density at radius 2 is 1.79 bits per heavy atom. The van der Waals surface area contributed by atoms with Gasteiger partial charge in [0, 0.05) is 15.6 Å². The summed E-state index contributed by atoms with van der Waals surface area (Å²) in [7, 11) is -3.13. The van der Waals surface area contributed by atoms with Gasteiger partial charge in [0.25, 0.3) is 0 Å². The van der Waals surface area contributed by atoms with E-state index < -0.39 is 15.3 Å². The topological polar surface area (TPSA) is 74.6 Å². The Morgan fingerprint density at radius 3 is 2.26 bits per heavy atom. The molecule has 0 heterocycles. The first-order chi connectivity index (χ1) is 8.90. The summed E-state index contributed by atoms with van der Waals surface area (Å²) in [5.74, 6) is 0.0157. The van der Waals surface area contributed by atoms with Gasteiger partial charge in [0.15, 0.2) is 0 Å².